The van der Waals surface area contributed by atoms with Gasteiger partial charge in [0.1, 0.15) is 6.61 Å². The Hall–Kier alpha value is -1.96. The Morgan fingerprint density at radius 2 is 2.14 bits per heavy atom. The van der Waals surface area contributed by atoms with Crippen molar-refractivity contribution < 1.29 is 14.6 Å². The number of azo groups is 1. The molecule has 0 spiro atoms. The number of ether oxygens (including phenoxy) is 1. The van der Waals surface area contributed by atoms with Gasteiger partial charge in [-0.05, 0) is 57.1 Å². The lowest BCUT2D eigenvalue weighted by atomic mass is 9.81. The average molecular weight is 419 g/mol. The molecule has 2 aliphatic heterocycles. The third kappa shape index (κ3) is 3.91. The molecule has 0 atom stereocenters. The van der Waals surface area contributed by atoms with Crippen molar-refractivity contribution in [2.24, 2.45) is 16.1 Å². The summed E-state index contributed by atoms with van der Waals surface area (Å²) in [6.07, 6.45) is 8.00. The average Bonchev–Trinajstić information content (AvgIpc) is 3.01. The molecule has 1 fully saturated rings. The van der Waals surface area contributed by atoms with E-state index in [1.807, 2.05) is 6.08 Å². The number of carbonyl (C=O) groups excluding carboxylic acids is 1. The number of aliphatic hydroxyl groups is 1. The van der Waals surface area contributed by atoms with Crippen LogP contribution in [0.4, 0.5) is 5.69 Å². The highest BCUT2D eigenvalue weighted by Gasteiger charge is 2.32. The van der Waals surface area contributed by atoms with Gasteiger partial charge in [-0.3, -0.25) is 4.79 Å². The van der Waals surface area contributed by atoms with Crippen molar-refractivity contribution in [3.8, 4) is 0 Å². The molecule has 1 saturated carbocycles. The Bertz CT molecular complexity index is 971. The number of H-pyrrole nitrogens is 1. The number of aliphatic hydroxyl groups excluding tert-OH is 1. The lowest BCUT2D eigenvalue weighted by molar-refractivity contribution is -0.121. The van der Waals surface area contributed by atoms with Crippen molar-refractivity contribution in [3.05, 3.63) is 27.4 Å². The molecule has 8 heteroatoms. The first-order valence-corrected chi connectivity index (χ1v) is 10.6. The fourth-order valence-electron chi connectivity index (χ4n) is 4.60. The Labute approximate surface area is 174 Å². The summed E-state index contributed by atoms with van der Waals surface area (Å²) in [7, 11) is 0. The van der Waals surface area contributed by atoms with Gasteiger partial charge in [0.2, 0.25) is 0 Å². The number of nitrogens with zero attached hydrogens (tertiary/aromatic N) is 3. The number of anilines is 1. The molecule has 0 aromatic carbocycles. The van der Waals surface area contributed by atoms with E-state index in [-0.39, 0.29) is 24.0 Å². The molecule has 1 amide bonds. The molecule has 3 aliphatic rings. The minimum atomic E-state index is -0.553. The van der Waals surface area contributed by atoms with Gasteiger partial charge in [0.15, 0.2) is 0 Å². The van der Waals surface area contributed by atoms with Crippen LogP contribution in [-0.4, -0.2) is 41.4 Å². The largest absolute Gasteiger partial charge is 0.387 e. The summed E-state index contributed by atoms with van der Waals surface area (Å²) in [5, 5.41) is 20.0. The molecule has 2 N–H and O–H groups in total. The van der Waals surface area contributed by atoms with Crippen LogP contribution in [0.5, 0.6) is 0 Å². The molecule has 0 bridgehead atoms. The molecule has 7 nitrogen and oxygen atoms in total. The Balaban J connectivity index is 1.80. The molecule has 1 aliphatic carbocycles. The number of nitrogens with one attached hydrogen (secondary N) is 1. The standard InChI is InChI=1S/C21H27ClN4O3/c1-12(2)29-14-5-3-13(4-6-14)19-16(22)7-8-26(18(28)11-27)21-15-9-23-24-10-17(15)25-20(19)21/h7,10,12-14,25,27H,3-6,8-9,11H2,1-2H3. The lowest BCUT2D eigenvalue weighted by Gasteiger charge is -2.31. The van der Waals surface area contributed by atoms with Gasteiger partial charge in [-0.25, -0.2) is 0 Å². The van der Waals surface area contributed by atoms with E-state index in [4.69, 9.17) is 16.3 Å². The van der Waals surface area contributed by atoms with E-state index in [9.17, 15) is 9.90 Å². The van der Waals surface area contributed by atoms with Crippen LogP contribution in [-0.2, 0) is 16.1 Å². The monoisotopic (exact) mass is 418 g/mol. The summed E-state index contributed by atoms with van der Waals surface area (Å²) in [4.78, 5) is 17.5. The van der Waals surface area contributed by atoms with Crippen LogP contribution >= 0.6 is 11.6 Å². The van der Waals surface area contributed by atoms with Crippen LogP contribution in [0.15, 0.2) is 21.3 Å². The van der Waals surface area contributed by atoms with Crippen LogP contribution < -0.4 is 15.6 Å². The van der Waals surface area contributed by atoms with Crippen LogP contribution in [0.1, 0.15) is 45.1 Å². The fourth-order valence-corrected chi connectivity index (χ4v) is 4.91. The maximum absolute atomic E-state index is 12.5. The van der Waals surface area contributed by atoms with E-state index in [1.165, 1.54) is 0 Å². The Morgan fingerprint density at radius 3 is 2.83 bits per heavy atom. The zero-order valence-electron chi connectivity index (χ0n) is 16.8. The maximum atomic E-state index is 12.5. The second kappa shape index (κ2) is 8.42. The molecule has 4 rings (SSSR count). The van der Waals surface area contributed by atoms with Crippen molar-refractivity contribution in [3.63, 3.8) is 0 Å². The molecule has 156 valence electrons. The van der Waals surface area contributed by atoms with E-state index in [0.717, 1.165) is 53.2 Å². The van der Waals surface area contributed by atoms with Crippen molar-refractivity contribution in [1.82, 2.24) is 4.98 Å². The van der Waals surface area contributed by atoms with Gasteiger partial charge >= 0.3 is 0 Å². The van der Waals surface area contributed by atoms with Crippen molar-refractivity contribution >= 4 is 35.0 Å². The topological polar surface area (TPSA) is 90.3 Å². The number of allylic oxidation sites excluding steroid dienone is 1. The molecule has 29 heavy (non-hydrogen) atoms. The molecule has 1 aromatic rings. The van der Waals surface area contributed by atoms with Gasteiger partial charge in [0.25, 0.3) is 5.91 Å². The second-order valence-corrected chi connectivity index (χ2v) is 8.48. The summed E-state index contributed by atoms with van der Waals surface area (Å²) < 4.78 is 6.00. The number of aromatic amines is 1. The lowest BCUT2D eigenvalue weighted by Crippen LogP contribution is -2.36. The van der Waals surface area contributed by atoms with Crippen molar-refractivity contribution in [2.45, 2.75) is 58.3 Å². The number of halogens is 1. The Morgan fingerprint density at radius 1 is 1.38 bits per heavy atom. The summed E-state index contributed by atoms with van der Waals surface area (Å²) >= 11 is 6.76. The highest BCUT2D eigenvalue weighted by molar-refractivity contribution is 6.36. The SMILES string of the molecule is CC(C)OC1CCC(C2=c3[nH]c4c(c3N(C(=O)CO)CC=C2Cl)CN=NC=4)CC1. The highest BCUT2D eigenvalue weighted by atomic mass is 35.5. The first-order chi connectivity index (χ1) is 14.0. The number of aromatic nitrogens is 1. The predicted molar refractivity (Wildman–Crippen MR) is 112 cm³/mol. The van der Waals surface area contributed by atoms with Gasteiger partial charge < -0.3 is 19.7 Å². The smallest absolute Gasteiger partial charge is 0.253 e. The number of carbonyl (C=O) groups is 1. The second-order valence-electron chi connectivity index (χ2n) is 8.07. The predicted octanol–water partition coefficient (Wildman–Crippen LogP) is 2.31. The number of amides is 1. The normalized spacial score (nSPS) is 24.0. The van der Waals surface area contributed by atoms with Crippen LogP contribution in [0.25, 0.3) is 11.8 Å². The molecule has 0 saturated heterocycles. The van der Waals surface area contributed by atoms with Gasteiger partial charge in [0.05, 0.1) is 41.3 Å². The third-order valence-corrected chi connectivity index (χ3v) is 6.20. The van der Waals surface area contributed by atoms with Gasteiger partial charge in [-0.1, -0.05) is 11.6 Å². The molecule has 1 aromatic heterocycles. The number of rotatable bonds is 4. The molecule has 0 radical (unpaired) electrons. The summed E-state index contributed by atoms with van der Waals surface area (Å²) in [6.45, 7) is 4.31. The fraction of sp³-hybridized carbons (Fsp3) is 0.571. The van der Waals surface area contributed by atoms with E-state index in [0.29, 0.717) is 18.1 Å². The zero-order chi connectivity index (χ0) is 20.5. The molecular weight excluding hydrogens is 392 g/mol. The van der Waals surface area contributed by atoms with Gasteiger partial charge in [-0.2, -0.15) is 10.2 Å². The van der Waals surface area contributed by atoms with Crippen LogP contribution in [0.2, 0.25) is 0 Å². The molecular formula is C21H27ClN4O3. The zero-order valence-corrected chi connectivity index (χ0v) is 17.6. The molecule has 3 heterocycles. The number of hydrogen-bond acceptors (Lipinski definition) is 5. The van der Waals surface area contributed by atoms with Crippen molar-refractivity contribution in [1.29, 1.82) is 0 Å². The number of hydrogen-bond donors (Lipinski definition) is 2. The number of fused-ring (bicyclic) bond motifs is 3. The van der Waals surface area contributed by atoms with Crippen LogP contribution in [0.3, 0.4) is 0 Å². The first-order valence-electron chi connectivity index (χ1n) is 10.2. The summed E-state index contributed by atoms with van der Waals surface area (Å²) in [6, 6.07) is 0. The quantitative estimate of drug-likeness (QED) is 0.786. The highest BCUT2D eigenvalue weighted by Crippen LogP contribution is 2.38. The minimum absolute atomic E-state index is 0.230. The minimum Gasteiger partial charge on any atom is -0.387 e. The van der Waals surface area contributed by atoms with Crippen LogP contribution in [0, 0.1) is 5.92 Å². The summed E-state index contributed by atoms with van der Waals surface area (Å²) in [5.41, 5.74) is 2.74. The van der Waals surface area contributed by atoms with Gasteiger partial charge in [0, 0.05) is 17.1 Å². The first kappa shape index (κ1) is 20.3. The van der Waals surface area contributed by atoms with E-state index in [1.54, 1.807) is 11.1 Å². The summed E-state index contributed by atoms with van der Waals surface area (Å²) in [5.74, 6) is -0.0748. The Kier molecular flexibility index (Phi) is 5.90. The molecule has 0 unspecified atom stereocenters. The maximum Gasteiger partial charge on any atom is 0.253 e. The van der Waals surface area contributed by atoms with E-state index in [2.05, 4.69) is 29.1 Å². The van der Waals surface area contributed by atoms with Gasteiger partial charge in [-0.15, -0.1) is 0 Å². The van der Waals surface area contributed by atoms with Crippen molar-refractivity contribution in [2.75, 3.05) is 18.1 Å². The van der Waals surface area contributed by atoms with E-state index < -0.39 is 6.61 Å². The third-order valence-electron chi connectivity index (χ3n) is 5.84. The van der Waals surface area contributed by atoms with E-state index >= 15 is 0 Å².